The Bertz CT molecular complexity index is 1080. The minimum absolute atomic E-state index is 0.0937. The topological polar surface area (TPSA) is 111 Å². The monoisotopic (exact) mass is 423 g/mol. The van der Waals surface area contributed by atoms with Gasteiger partial charge in [0, 0.05) is 24.8 Å². The maximum Gasteiger partial charge on any atom is 0.255 e. The quantitative estimate of drug-likeness (QED) is 0.522. The second-order valence-corrected chi connectivity index (χ2v) is 7.46. The first-order valence-electron chi connectivity index (χ1n) is 9.66. The van der Waals surface area contributed by atoms with Crippen LogP contribution in [0.5, 0.6) is 0 Å². The Balaban J connectivity index is 1.46. The van der Waals surface area contributed by atoms with Gasteiger partial charge in [-0.3, -0.25) is 9.36 Å². The van der Waals surface area contributed by atoms with Crippen molar-refractivity contribution in [2.75, 3.05) is 17.2 Å². The van der Waals surface area contributed by atoms with Crippen LogP contribution >= 0.6 is 11.6 Å². The summed E-state index contributed by atoms with van der Waals surface area (Å²) in [5, 5.41) is 7.32. The Hall–Kier alpha value is -3.23. The molecule has 154 valence electrons. The second kappa shape index (κ2) is 9.06. The smallest absolute Gasteiger partial charge is 0.255 e. The highest BCUT2D eigenvalue weighted by Gasteiger charge is 2.29. The summed E-state index contributed by atoms with van der Waals surface area (Å²) in [7, 11) is 0. The fraction of sp³-hybridized carbons (Fsp3) is 0.238. The van der Waals surface area contributed by atoms with Gasteiger partial charge in [-0.2, -0.15) is 0 Å². The fourth-order valence-corrected chi connectivity index (χ4v) is 3.68. The van der Waals surface area contributed by atoms with E-state index in [0.29, 0.717) is 17.5 Å². The van der Waals surface area contributed by atoms with Crippen LogP contribution in [0.15, 0.2) is 71.6 Å². The van der Waals surface area contributed by atoms with Crippen molar-refractivity contribution in [3.8, 4) is 5.69 Å². The normalized spacial score (nSPS) is 19.7. The first-order chi connectivity index (χ1) is 14.6. The number of nitrogens with zero attached hydrogens (tertiary/aromatic N) is 4. The number of hydrogen-bond acceptors (Lipinski definition) is 7. The lowest BCUT2D eigenvalue weighted by Gasteiger charge is -2.16. The third-order valence-corrected chi connectivity index (χ3v) is 5.15. The lowest BCUT2D eigenvalue weighted by Crippen LogP contribution is -2.23. The van der Waals surface area contributed by atoms with Crippen LogP contribution in [0, 0.1) is 0 Å². The van der Waals surface area contributed by atoms with Crippen LogP contribution in [0.1, 0.15) is 12.8 Å². The van der Waals surface area contributed by atoms with E-state index in [2.05, 4.69) is 25.6 Å². The van der Waals surface area contributed by atoms with E-state index in [0.717, 1.165) is 24.3 Å². The van der Waals surface area contributed by atoms with Gasteiger partial charge in [0.1, 0.15) is 5.82 Å². The van der Waals surface area contributed by atoms with Crippen molar-refractivity contribution in [1.82, 2.24) is 19.5 Å². The van der Waals surface area contributed by atoms with Crippen LogP contribution in [0.25, 0.3) is 5.69 Å². The summed E-state index contributed by atoms with van der Waals surface area (Å²) >= 11 is 5.85. The number of rotatable bonds is 6. The minimum atomic E-state index is -0.0951. The molecule has 3 aromatic rings. The van der Waals surface area contributed by atoms with Gasteiger partial charge in [0.2, 0.25) is 5.95 Å². The van der Waals surface area contributed by atoms with Crippen molar-refractivity contribution >= 4 is 23.4 Å². The Morgan fingerprint density at radius 1 is 1.13 bits per heavy atom. The molecule has 0 unspecified atom stereocenters. The molecule has 0 spiro atoms. The van der Waals surface area contributed by atoms with Crippen molar-refractivity contribution in [2.45, 2.75) is 24.9 Å². The number of nitrogens with two attached hydrogens (primary N) is 1. The van der Waals surface area contributed by atoms with Crippen LogP contribution < -0.4 is 21.9 Å². The van der Waals surface area contributed by atoms with Gasteiger partial charge in [-0.15, -0.1) is 0 Å². The molecule has 3 aromatic heterocycles. The zero-order chi connectivity index (χ0) is 20.9. The van der Waals surface area contributed by atoms with E-state index >= 15 is 0 Å². The van der Waals surface area contributed by atoms with Gasteiger partial charge in [-0.1, -0.05) is 23.7 Å². The Morgan fingerprint density at radius 2 is 1.97 bits per heavy atom. The summed E-state index contributed by atoms with van der Waals surface area (Å²) < 4.78 is 1.55. The molecule has 1 aliphatic carbocycles. The summed E-state index contributed by atoms with van der Waals surface area (Å²) in [5.41, 5.74) is 7.60. The molecule has 0 aromatic carbocycles. The maximum atomic E-state index is 12.0. The van der Waals surface area contributed by atoms with Crippen LogP contribution in [0.3, 0.4) is 0 Å². The number of hydrogen-bond donors (Lipinski definition) is 3. The molecule has 1 fully saturated rings. The molecule has 1 aliphatic rings. The van der Waals surface area contributed by atoms with Crippen LogP contribution in [-0.2, 0) is 0 Å². The summed E-state index contributed by atoms with van der Waals surface area (Å²) in [5.74, 6) is 1.28. The van der Waals surface area contributed by atoms with E-state index < -0.39 is 0 Å². The molecule has 0 saturated heterocycles. The third-order valence-electron chi connectivity index (χ3n) is 4.95. The standard InChI is InChI=1S/C21H22ClN7O/c22-15-11-25-21(26-12-15)27-16-9-14(6-7-23)18(10-16)28-19-5-4-17(13-24-19)29-8-2-1-3-20(29)30/h1-6,8,11-13,16,18H,7,9-10,23H2,(H,24,28)(H,25,26,27)/b14-6-/t16-,18+/m0/s1. The van der Waals surface area contributed by atoms with Crippen molar-refractivity contribution in [3.63, 3.8) is 0 Å². The first-order valence-corrected chi connectivity index (χ1v) is 10.0. The zero-order valence-electron chi connectivity index (χ0n) is 16.2. The molecule has 8 nitrogen and oxygen atoms in total. The molecular formula is C21H22ClN7O. The molecular weight excluding hydrogens is 402 g/mol. The minimum Gasteiger partial charge on any atom is -0.364 e. The van der Waals surface area contributed by atoms with Crippen LogP contribution in [-0.4, -0.2) is 38.1 Å². The Morgan fingerprint density at radius 3 is 2.67 bits per heavy atom. The Labute approximate surface area is 178 Å². The highest BCUT2D eigenvalue weighted by atomic mass is 35.5. The van der Waals surface area contributed by atoms with E-state index in [4.69, 9.17) is 17.3 Å². The van der Waals surface area contributed by atoms with Gasteiger partial charge < -0.3 is 16.4 Å². The van der Waals surface area contributed by atoms with E-state index in [1.165, 1.54) is 11.6 Å². The second-order valence-electron chi connectivity index (χ2n) is 7.03. The van der Waals surface area contributed by atoms with Gasteiger partial charge in [-0.25, -0.2) is 15.0 Å². The molecule has 2 atom stereocenters. The van der Waals surface area contributed by atoms with Gasteiger partial charge in [0.25, 0.3) is 5.56 Å². The summed E-state index contributed by atoms with van der Waals surface area (Å²) in [6, 6.07) is 9.06. The largest absolute Gasteiger partial charge is 0.364 e. The number of pyridine rings is 2. The highest BCUT2D eigenvalue weighted by Crippen LogP contribution is 2.29. The first kappa shape index (κ1) is 20.1. The number of aromatic nitrogens is 4. The average molecular weight is 424 g/mol. The SMILES string of the molecule is NC/C=C1/C[C@H](Nc2ncc(Cl)cn2)C[C@H]1Nc1ccc(-n2ccccc2=O)cn1. The predicted octanol–water partition coefficient (Wildman–Crippen LogP) is 2.62. The van der Waals surface area contributed by atoms with Gasteiger partial charge >= 0.3 is 0 Å². The lowest BCUT2D eigenvalue weighted by atomic mass is 10.1. The van der Waals surface area contributed by atoms with Crippen molar-refractivity contribution in [2.24, 2.45) is 5.73 Å². The van der Waals surface area contributed by atoms with Gasteiger partial charge in [0.05, 0.1) is 35.3 Å². The van der Waals surface area contributed by atoms with Gasteiger partial charge in [-0.05, 0) is 36.6 Å². The summed E-state index contributed by atoms with van der Waals surface area (Å²) in [4.78, 5) is 24.9. The molecule has 0 radical (unpaired) electrons. The molecule has 4 rings (SSSR count). The molecule has 0 bridgehead atoms. The Kier molecular flexibility index (Phi) is 6.06. The molecule has 9 heteroatoms. The number of halogens is 1. The molecule has 4 N–H and O–H groups in total. The van der Waals surface area contributed by atoms with Crippen molar-refractivity contribution in [1.29, 1.82) is 0 Å². The molecule has 3 heterocycles. The zero-order valence-corrected chi connectivity index (χ0v) is 17.0. The van der Waals surface area contributed by atoms with Crippen LogP contribution in [0.4, 0.5) is 11.8 Å². The lowest BCUT2D eigenvalue weighted by molar-refractivity contribution is 0.720. The maximum absolute atomic E-state index is 12.0. The highest BCUT2D eigenvalue weighted by molar-refractivity contribution is 6.30. The molecule has 0 amide bonds. The van der Waals surface area contributed by atoms with Gasteiger partial charge in [0.15, 0.2) is 0 Å². The molecule has 0 aliphatic heterocycles. The summed E-state index contributed by atoms with van der Waals surface area (Å²) in [6.45, 7) is 0.473. The van der Waals surface area contributed by atoms with E-state index in [9.17, 15) is 4.79 Å². The van der Waals surface area contributed by atoms with E-state index in [1.807, 2.05) is 24.3 Å². The molecule has 1 saturated carbocycles. The van der Waals surface area contributed by atoms with Crippen LogP contribution in [0.2, 0.25) is 5.02 Å². The van der Waals surface area contributed by atoms with Crippen molar-refractivity contribution in [3.05, 3.63) is 82.1 Å². The number of anilines is 2. The number of nitrogens with one attached hydrogen (secondary N) is 2. The average Bonchev–Trinajstić information content (AvgIpc) is 3.12. The third kappa shape index (κ3) is 4.67. The predicted molar refractivity (Wildman–Crippen MR) is 118 cm³/mol. The molecule has 30 heavy (non-hydrogen) atoms. The van der Waals surface area contributed by atoms with E-state index in [1.54, 1.807) is 35.4 Å². The summed E-state index contributed by atoms with van der Waals surface area (Å²) in [6.07, 6.45) is 10.3. The fourth-order valence-electron chi connectivity index (χ4n) is 3.59. The van der Waals surface area contributed by atoms with Crippen molar-refractivity contribution < 1.29 is 0 Å². The van der Waals surface area contributed by atoms with E-state index in [-0.39, 0.29) is 17.6 Å².